The predicted molar refractivity (Wildman–Crippen MR) is 124 cm³/mol. The molecule has 0 bridgehead atoms. The van der Waals surface area contributed by atoms with E-state index in [1.165, 1.54) is 22.3 Å². The van der Waals surface area contributed by atoms with E-state index in [-0.39, 0.29) is 23.9 Å². The quantitative estimate of drug-likeness (QED) is 0.525. The van der Waals surface area contributed by atoms with Gasteiger partial charge < -0.3 is 14.2 Å². The average molecular weight is 472 g/mol. The fourth-order valence-corrected chi connectivity index (χ4v) is 5.65. The van der Waals surface area contributed by atoms with Gasteiger partial charge in [0.05, 0.1) is 24.2 Å². The zero-order chi connectivity index (χ0) is 23.6. The van der Waals surface area contributed by atoms with E-state index < -0.39 is 10.0 Å². The van der Waals surface area contributed by atoms with Crippen molar-refractivity contribution in [1.29, 1.82) is 0 Å². The molecule has 1 aromatic carbocycles. The first-order valence-corrected chi connectivity index (χ1v) is 12.3. The number of hydrogen-bond donors (Lipinski definition) is 0. The Balaban J connectivity index is 1.43. The first-order chi connectivity index (χ1) is 15.8. The molecule has 0 atom stereocenters. The maximum Gasteiger partial charge on any atom is 0.246 e. The van der Waals surface area contributed by atoms with Crippen LogP contribution in [-0.4, -0.2) is 66.5 Å². The third-order valence-electron chi connectivity index (χ3n) is 5.98. The highest BCUT2D eigenvalue weighted by molar-refractivity contribution is 7.89. The third-order valence-corrected chi connectivity index (χ3v) is 8.04. The van der Waals surface area contributed by atoms with Crippen molar-refractivity contribution in [2.45, 2.75) is 31.8 Å². The molecule has 0 N–H and O–H groups in total. The Morgan fingerprint density at radius 2 is 1.76 bits per heavy atom. The number of aromatic nitrogens is 2. The van der Waals surface area contributed by atoms with Crippen LogP contribution in [-0.2, 0) is 27.9 Å². The monoisotopic (exact) mass is 471 g/mol. The summed E-state index contributed by atoms with van der Waals surface area (Å²) in [4.78, 5) is 17.2. The van der Waals surface area contributed by atoms with E-state index in [4.69, 9.17) is 4.42 Å². The van der Waals surface area contributed by atoms with E-state index in [2.05, 4.69) is 22.1 Å². The van der Waals surface area contributed by atoms with Crippen LogP contribution >= 0.6 is 0 Å². The third kappa shape index (κ3) is 4.81. The highest BCUT2D eigenvalue weighted by Crippen LogP contribution is 2.24. The molecule has 10 heteroatoms. The second-order valence-corrected chi connectivity index (χ2v) is 10.2. The molecule has 0 radical (unpaired) electrons. The van der Waals surface area contributed by atoms with Crippen molar-refractivity contribution in [3.05, 3.63) is 65.9 Å². The molecule has 1 amide bonds. The molecule has 1 saturated heterocycles. The molecule has 176 valence electrons. The molecule has 0 saturated carbocycles. The fraction of sp³-hybridized carbons (Fsp3) is 0.391. The topological polar surface area (TPSA) is 91.9 Å². The zero-order valence-electron chi connectivity index (χ0n) is 19.1. The minimum Gasteiger partial charge on any atom is -0.468 e. The van der Waals surface area contributed by atoms with Crippen LogP contribution in [0.2, 0.25) is 0 Å². The summed E-state index contributed by atoms with van der Waals surface area (Å²) in [5.74, 6) is 0.481. The predicted octanol–water partition coefficient (Wildman–Crippen LogP) is 2.26. The smallest absolute Gasteiger partial charge is 0.246 e. The van der Waals surface area contributed by atoms with E-state index in [0.717, 1.165) is 18.8 Å². The second-order valence-electron chi connectivity index (χ2n) is 8.20. The average Bonchev–Trinajstić information content (AvgIpc) is 3.42. The number of rotatable bonds is 7. The summed E-state index contributed by atoms with van der Waals surface area (Å²) in [7, 11) is -2.29. The summed E-state index contributed by atoms with van der Waals surface area (Å²) in [5.41, 5.74) is 1.98. The van der Waals surface area contributed by atoms with Gasteiger partial charge in [0, 0.05) is 38.9 Å². The highest BCUT2D eigenvalue weighted by Gasteiger charge is 2.30. The van der Waals surface area contributed by atoms with Gasteiger partial charge in [-0.25, -0.2) is 8.42 Å². The Hall–Kier alpha value is -3.11. The molecule has 1 aliphatic rings. The van der Waals surface area contributed by atoms with Gasteiger partial charge in [0.1, 0.15) is 17.2 Å². The molecule has 1 aliphatic heterocycles. The van der Waals surface area contributed by atoms with E-state index >= 15 is 0 Å². The van der Waals surface area contributed by atoms with Crippen LogP contribution in [0.15, 0.2) is 58.0 Å². The van der Waals surface area contributed by atoms with Crippen molar-refractivity contribution in [2.75, 3.05) is 38.1 Å². The minimum absolute atomic E-state index is 0.00935. The lowest BCUT2D eigenvalue weighted by Crippen LogP contribution is -2.49. The van der Waals surface area contributed by atoms with Gasteiger partial charge in [-0.05, 0) is 38.1 Å². The van der Waals surface area contributed by atoms with Crippen LogP contribution in [0.5, 0.6) is 0 Å². The van der Waals surface area contributed by atoms with Crippen LogP contribution in [0.1, 0.15) is 17.1 Å². The minimum atomic E-state index is -3.80. The molecule has 0 spiro atoms. The van der Waals surface area contributed by atoms with Gasteiger partial charge in [0.2, 0.25) is 15.9 Å². The Morgan fingerprint density at radius 3 is 2.39 bits per heavy atom. The number of carbonyl (C=O) groups excluding carboxylic acids is 1. The fourth-order valence-electron chi connectivity index (χ4n) is 4.15. The number of sulfonamides is 1. The molecule has 0 aliphatic carbocycles. The number of nitrogens with zero attached hydrogens (tertiary/aromatic N) is 5. The van der Waals surface area contributed by atoms with Gasteiger partial charge in [-0.1, -0.05) is 18.2 Å². The Bertz CT molecular complexity index is 1200. The summed E-state index contributed by atoms with van der Waals surface area (Å²) >= 11 is 0. The lowest BCUT2D eigenvalue weighted by molar-refractivity contribution is -0.132. The number of hydrogen-bond acceptors (Lipinski definition) is 6. The molecule has 1 fully saturated rings. The van der Waals surface area contributed by atoms with Crippen LogP contribution < -0.4 is 4.90 Å². The summed E-state index contributed by atoms with van der Waals surface area (Å²) in [6.45, 7) is 6.20. The van der Waals surface area contributed by atoms with Gasteiger partial charge in [-0.2, -0.15) is 9.40 Å². The highest BCUT2D eigenvalue weighted by atomic mass is 32.2. The summed E-state index contributed by atoms with van der Waals surface area (Å²) in [6, 6.07) is 13.6. The van der Waals surface area contributed by atoms with Crippen molar-refractivity contribution in [3.63, 3.8) is 0 Å². The number of piperazine rings is 1. The molecular formula is C23H29N5O4S. The van der Waals surface area contributed by atoms with Crippen molar-refractivity contribution in [1.82, 2.24) is 19.0 Å². The summed E-state index contributed by atoms with van der Waals surface area (Å²) in [5, 5.41) is 4.38. The number of para-hydroxylation sites is 1. The summed E-state index contributed by atoms with van der Waals surface area (Å²) in [6.07, 6.45) is 1.51. The number of anilines is 1. The maximum absolute atomic E-state index is 13.2. The van der Waals surface area contributed by atoms with Crippen LogP contribution in [0, 0.1) is 13.8 Å². The molecular weight excluding hydrogens is 442 g/mol. The molecule has 0 unspecified atom stereocenters. The van der Waals surface area contributed by atoms with Crippen molar-refractivity contribution in [3.8, 4) is 0 Å². The van der Waals surface area contributed by atoms with Crippen LogP contribution in [0.25, 0.3) is 0 Å². The Labute approximate surface area is 194 Å². The molecule has 3 heterocycles. The Morgan fingerprint density at radius 1 is 1.06 bits per heavy atom. The van der Waals surface area contributed by atoms with E-state index in [9.17, 15) is 13.2 Å². The van der Waals surface area contributed by atoms with Gasteiger partial charge in [-0.3, -0.25) is 9.48 Å². The van der Waals surface area contributed by atoms with Crippen LogP contribution in [0.4, 0.5) is 5.69 Å². The zero-order valence-corrected chi connectivity index (χ0v) is 20.0. The Kier molecular flexibility index (Phi) is 6.57. The van der Waals surface area contributed by atoms with Gasteiger partial charge in [-0.15, -0.1) is 0 Å². The number of furan rings is 1. The normalized spacial score (nSPS) is 14.8. The first-order valence-electron chi connectivity index (χ1n) is 10.9. The largest absolute Gasteiger partial charge is 0.468 e. The van der Waals surface area contributed by atoms with Crippen molar-refractivity contribution < 1.29 is 17.6 Å². The summed E-state index contributed by atoms with van der Waals surface area (Å²) < 4.78 is 34.4. The molecule has 9 nitrogen and oxygen atoms in total. The number of aryl methyl sites for hydroxylation is 1. The van der Waals surface area contributed by atoms with Gasteiger partial charge in [0.25, 0.3) is 0 Å². The van der Waals surface area contributed by atoms with Crippen LogP contribution in [0.3, 0.4) is 0 Å². The first kappa shape index (κ1) is 23.1. The second kappa shape index (κ2) is 9.40. The standard InChI is InChI=1S/C23H29N5O4S/c1-18-23(33(30,31)25(3)16-21-10-7-15-32-21)19(2)28(24-18)17-22(29)27-13-11-26(12-14-27)20-8-5-4-6-9-20/h4-10,15H,11-14,16-17H2,1-3H3. The van der Waals surface area contributed by atoms with Gasteiger partial charge in [0.15, 0.2) is 0 Å². The lowest BCUT2D eigenvalue weighted by Gasteiger charge is -2.36. The van der Waals surface area contributed by atoms with Gasteiger partial charge >= 0.3 is 0 Å². The number of carbonyl (C=O) groups is 1. The maximum atomic E-state index is 13.2. The lowest BCUT2D eigenvalue weighted by atomic mass is 10.2. The van der Waals surface area contributed by atoms with E-state index in [1.807, 2.05) is 23.1 Å². The van der Waals surface area contributed by atoms with Crippen molar-refractivity contribution in [2.24, 2.45) is 0 Å². The molecule has 33 heavy (non-hydrogen) atoms. The van der Waals surface area contributed by atoms with Crippen molar-refractivity contribution >= 4 is 21.6 Å². The molecule has 4 rings (SSSR count). The molecule has 2 aromatic heterocycles. The number of amides is 1. The molecule has 3 aromatic rings. The SMILES string of the molecule is Cc1nn(CC(=O)N2CCN(c3ccccc3)CC2)c(C)c1S(=O)(=O)N(C)Cc1ccco1. The van der Waals surface area contributed by atoms with E-state index in [1.54, 1.807) is 26.0 Å². The number of benzene rings is 1. The van der Waals surface area contributed by atoms with E-state index in [0.29, 0.717) is 30.2 Å².